The summed E-state index contributed by atoms with van der Waals surface area (Å²) in [5.74, 6) is 0.497. The minimum absolute atomic E-state index is 0.0707. The van der Waals surface area contributed by atoms with Gasteiger partial charge in [0.15, 0.2) is 0 Å². The van der Waals surface area contributed by atoms with E-state index in [1.807, 2.05) is 11.8 Å². The number of urea groups is 1. The van der Waals surface area contributed by atoms with E-state index in [0.717, 1.165) is 12.8 Å². The van der Waals surface area contributed by atoms with E-state index >= 15 is 0 Å². The molecule has 1 saturated heterocycles. The first-order valence-corrected chi connectivity index (χ1v) is 5.69. The van der Waals surface area contributed by atoms with Crippen LogP contribution >= 0.6 is 0 Å². The molecule has 0 spiro atoms. The fourth-order valence-corrected chi connectivity index (χ4v) is 2.54. The van der Waals surface area contributed by atoms with Gasteiger partial charge in [0.2, 0.25) is 5.91 Å². The first-order chi connectivity index (χ1) is 7.08. The Labute approximate surface area is 90.0 Å². The fraction of sp³-hybridized carbons (Fsp3) is 0.818. The van der Waals surface area contributed by atoms with Gasteiger partial charge in [0.25, 0.3) is 0 Å². The molecule has 1 heterocycles. The summed E-state index contributed by atoms with van der Waals surface area (Å²) in [5, 5.41) is 2.42. The Balaban J connectivity index is 2.03. The smallest absolute Gasteiger partial charge is 0.321 e. The largest absolute Gasteiger partial charge is 0.324 e. The number of nitrogens with one attached hydrogen (secondary N) is 1. The number of hydrogen-bond donors (Lipinski definition) is 1. The normalized spacial score (nSPS) is 36.9. The molecule has 1 aliphatic carbocycles. The molecule has 84 valence electrons. The highest BCUT2D eigenvalue weighted by Crippen LogP contribution is 2.30. The third-order valence-corrected chi connectivity index (χ3v) is 3.52. The summed E-state index contributed by atoms with van der Waals surface area (Å²) >= 11 is 0. The molecule has 0 aromatic carbocycles. The number of rotatable bonds is 1. The van der Waals surface area contributed by atoms with Crippen LogP contribution in [0.25, 0.3) is 0 Å². The maximum absolute atomic E-state index is 11.6. The molecule has 3 amide bonds. The summed E-state index contributed by atoms with van der Waals surface area (Å²) in [6.45, 7) is 4.67. The summed E-state index contributed by atoms with van der Waals surface area (Å²) in [5.41, 5.74) is 0. The van der Waals surface area contributed by atoms with E-state index < -0.39 is 0 Å². The molecule has 0 radical (unpaired) electrons. The monoisotopic (exact) mass is 210 g/mol. The molecule has 4 heteroatoms. The van der Waals surface area contributed by atoms with E-state index in [4.69, 9.17) is 0 Å². The lowest BCUT2D eigenvalue weighted by Gasteiger charge is -2.35. The number of carbonyl (C=O) groups excluding carboxylic acids is 2. The van der Waals surface area contributed by atoms with Crippen LogP contribution in [0, 0.1) is 11.8 Å². The van der Waals surface area contributed by atoms with Crippen molar-refractivity contribution in [1.29, 1.82) is 0 Å². The van der Waals surface area contributed by atoms with E-state index in [1.165, 1.54) is 6.42 Å². The highest BCUT2D eigenvalue weighted by Gasteiger charge is 2.36. The molecule has 0 aromatic rings. The molecule has 1 saturated carbocycles. The van der Waals surface area contributed by atoms with Crippen molar-refractivity contribution in [1.82, 2.24) is 10.2 Å². The fourth-order valence-electron chi connectivity index (χ4n) is 2.54. The molecule has 3 atom stereocenters. The van der Waals surface area contributed by atoms with Crippen LogP contribution in [0.5, 0.6) is 0 Å². The Morgan fingerprint density at radius 1 is 1.27 bits per heavy atom. The van der Waals surface area contributed by atoms with Gasteiger partial charge in [0.05, 0.1) is 5.92 Å². The van der Waals surface area contributed by atoms with Crippen molar-refractivity contribution in [3.05, 3.63) is 0 Å². The first kappa shape index (κ1) is 10.5. The Morgan fingerprint density at radius 2 is 2.00 bits per heavy atom. The molecule has 0 bridgehead atoms. The Hall–Kier alpha value is -1.06. The van der Waals surface area contributed by atoms with Crippen molar-refractivity contribution < 1.29 is 9.59 Å². The zero-order valence-electron chi connectivity index (χ0n) is 9.32. The second-order valence-electron chi connectivity index (χ2n) is 4.92. The zero-order valence-corrected chi connectivity index (χ0v) is 9.32. The molecule has 1 N–H and O–H groups in total. The summed E-state index contributed by atoms with van der Waals surface area (Å²) in [7, 11) is 0. The van der Waals surface area contributed by atoms with Crippen molar-refractivity contribution in [3.63, 3.8) is 0 Å². The number of nitrogens with zero attached hydrogens (tertiary/aromatic N) is 1. The minimum atomic E-state index is -0.197. The maximum atomic E-state index is 11.6. The van der Waals surface area contributed by atoms with Crippen LogP contribution in [0.15, 0.2) is 0 Å². The topological polar surface area (TPSA) is 49.4 Å². The molecule has 2 aliphatic rings. The van der Waals surface area contributed by atoms with Crippen LogP contribution < -0.4 is 5.32 Å². The lowest BCUT2D eigenvalue weighted by Crippen LogP contribution is -2.56. The predicted octanol–water partition coefficient (Wildman–Crippen LogP) is 1.36. The van der Waals surface area contributed by atoms with E-state index in [0.29, 0.717) is 18.5 Å². The summed E-state index contributed by atoms with van der Waals surface area (Å²) in [6.07, 6.45) is 3.35. The van der Waals surface area contributed by atoms with Gasteiger partial charge >= 0.3 is 6.03 Å². The highest BCUT2D eigenvalue weighted by atomic mass is 16.2. The van der Waals surface area contributed by atoms with Crippen molar-refractivity contribution >= 4 is 11.9 Å². The molecule has 0 aromatic heterocycles. The molecule has 2 rings (SSSR count). The maximum Gasteiger partial charge on any atom is 0.324 e. The van der Waals surface area contributed by atoms with Crippen LogP contribution in [0.2, 0.25) is 0 Å². The van der Waals surface area contributed by atoms with Crippen LogP contribution in [-0.2, 0) is 4.79 Å². The molecule has 3 unspecified atom stereocenters. The number of hydrogen-bond acceptors (Lipinski definition) is 2. The quantitative estimate of drug-likeness (QED) is 0.710. The van der Waals surface area contributed by atoms with Crippen LogP contribution in [0.1, 0.15) is 33.1 Å². The van der Waals surface area contributed by atoms with E-state index in [2.05, 4.69) is 12.2 Å². The average Bonchev–Trinajstić information content (AvgIpc) is 2.58. The Morgan fingerprint density at radius 3 is 2.60 bits per heavy atom. The second-order valence-corrected chi connectivity index (χ2v) is 4.92. The van der Waals surface area contributed by atoms with E-state index in [-0.39, 0.29) is 17.9 Å². The van der Waals surface area contributed by atoms with Crippen LogP contribution in [-0.4, -0.2) is 29.4 Å². The van der Waals surface area contributed by atoms with E-state index in [9.17, 15) is 9.59 Å². The van der Waals surface area contributed by atoms with Crippen molar-refractivity contribution in [2.24, 2.45) is 11.8 Å². The SMILES string of the molecule is CC1CCC(N2CC(C)C(=O)NC2=O)C1. The van der Waals surface area contributed by atoms with Crippen LogP contribution in [0.3, 0.4) is 0 Å². The summed E-state index contributed by atoms with van der Waals surface area (Å²) in [6, 6.07) is 0.146. The van der Waals surface area contributed by atoms with Gasteiger partial charge in [-0.1, -0.05) is 13.8 Å². The highest BCUT2D eigenvalue weighted by molar-refractivity contribution is 5.97. The van der Waals surface area contributed by atoms with Crippen molar-refractivity contribution in [2.75, 3.05) is 6.54 Å². The number of carbonyl (C=O) groups is 2. The van der Waals surface area contributed by atoms with Gasteiger partial charge in [-0.3, -0.25) is 10.1 Å². The lowest BCUT2D eigenvalue weighted by molar-refractivity contribution is -0.125. The van der Waals surface area contributed by atoms with Crippen molar-refractivity contribution in [3.8, 4) is 0 Å². The summed E-state index contributed by atoms with van der Waals surface area (Å²) < 4.78 is 0. The molecule has 15 heavy (non-hydrogen) atoms. The zero-order chi connectivity index (χ0) is 11.0. The molecular formula is C11H18N2O2. The lowest BCUT2D eigenvalue weighted by atomic mass is 10.1. The van der Waals surface area contributed by atoms with Crippen molar-refractivity contribution in [2.45, 2.75) is 39.2 Å². The van der Waals surface area contributed by atoms with Gasteiger partial charge < -0.3 is 4.90 Å². The second kappa shape index (κ2) is 3.83. The predicted molar refractivity (Wildman–Crippen MR) is 56.2 cm³/mol. The molecule has 4 nitrogen and oxygen atoms in total. The molecule has 2 fully saturated rings. The number of imide groups is 1. The van der Waals surface area contributed by atoms with E-state index in [1.54, 1.807) is 0 Å². The average molecular weight is 210 g/mol. The molecule has 1 aliphatic heterocycles. The summed E-state index contributed by atoms with van der Waals surface area (Å²) in [4.78, 5) is 24.8. The first-order valence-electron chi connectivity index (χ1n) is 5.69. The molecular weight excluding hydrogens is 192 g/mol. The van der Waals surface area contributed by atoms with Gasteiger partial charge in [0.1, 0.15) is 0 Å². The Bertz CT molecular complexity index is 290. The Kier molecular flexibility index (Phi) is 2.67. The van der Waals surface area contributed by atoms with Gasteiger partial charge in [-0.05, 0) is 25.2 Å². The van der Waals surface area contributed by atoms with Crippen LogP contribution in [0.4, 0.5) is 4.79 Å². The third kappa shape index (κ3) is 1.98. The van der Waals surface area contributed by atoms with Gasteiger partial charge in [-0.2, -0.15) is 0 Å². The standard InChI is InChI=1S/C11H18N2O2/c1-7-3-4-9(5-7)13-6-8(2)10(14)12-11(13)15/h7-9H,3-6H2,1-2H3,(H,12,14,15). The van der Waals surface area contributed by atoms with Gasteiger partial charge in [0, 0.05) is 12.6 Å². The number of amides is 3. The minimum Gasteiger partial charge on any atom is -0.321 e. The third-order valence-electron chi connectivity index (χ3n) is 3.52. The van der Waals surface area contributed by atoms with Gasteiger partial charge in [-0.25, -0.2) is 4.79 Å². The van der Waals surface area contributed by atoms with Gasteiger partial charge in [-0.15, -0.1) is 0 Å².